The molecular weight excluding hydrogens is 499 g/mol. The Balaban J connectivity index is 1.80. The number of methoxy groups -OCH3 is 3. The molecule has 4 aromatic rings. The second kappa shape index (κ2) is 11.8. The van der Waals surface area contributed by atoms with Crippen LogP contribution < -0.4 is 14.8 Å². The van der Waals surface area contributed by atoms with Crippen molar-refractivity contribution in [2.75, 3.05) is 21.3 Å². The van der Waals surface area contributed by atoms with Crippen molar-refractivity contribution in [3.63, 3.8) is 0 Å². The zero-order valence-electron chi connectivity index (χ0n) is 22.2. The van der Waals surface area contributed by atoms with Gasteiger partial charge in [0, 0.05) is 6.42 Å². The van der Waals surface area contributed by atoms with Crippen LogP contribution in [0.2, 0.25) is 0 Å². The van der Waals surface area contributed by atoms with E-state index in [0.29, 0.717) is 28.3 Å². The number of benzene rings is 3. The third kappa shape index (κ3) is 5.31. The van der Waals surface area contributed by atoms with E-state index < -0.39 is 23.7 Å². The fourth-order valence-corrected chi connectivity index (χ4v) is 4.73. The molecule has 0 radical (unpaired) electrons. The minimum Gasteiger partial charge on any atom is -0.494 e. The topological polar surface area (TPSA) is 86.8 Å². The lowest BCUT2D eigenvalue weighted by molar-refractivity contribution is -0.142. The molecule has 0 aliphatic heterocycles. The van der Waals surface area contributed by atoms with Crippen molar-refractivity contribution in [1.82, 2.24) is 10.3 Å². The smallest absolute Gasteiger partial charge is 0.328 e. The van der Waals surface area contributed by atoms with Gasteiger partial charge >= 0.3 is 5.97 Å². The highest BCUT2D eigenvalue weighted by molar-refractivity contribution is 6.02. The van der Waals surface area contributed by atoms with Crippen molar-refractivity contribution in [3.05, 3.63) is 95.6 Å². The van der Waals surface area contributed by atoms with Crippen LogP contribution in [0.3, 0.4) is 0 Å². The highest BCUT2D eigenvalue weighted by Gasteiger charge is 2.26. The maximum absolute atomic E-state index is 14.4. The second-order valence-corrected chi connectivity index (χ2v) is 8.83. The standard InChI is InChI=1S/C31H29FN2O5/c1-6-24-29(38-4)28(26(37-3)17-33-24)22-14-9-12-20-19(11-8-13-21(20)22)16-25(31(36)39-5)34-30(35)27-18(2)10-7-15-23(27)32/h6-15,17,25H,1,16H2,2-5H3,(H,34,35)/t25-/m0/s1. The minimum absolute atomic E-state index is 0.110. The van der Waals surface area contributed by atoms with Gasteiger partial charge in [-0.25, -0.2) is 14.2 Å². The molecule has 1 atom stereocenters. The molecule has 0 saturated heterocycles. The van der Waals surface area contributed by atoms with E-state index >= 15 is 0 Å². The van der Waals surface area contributed by atoms with Crippen LogP contribution in [0.5, 0.6) is 11.5 Å². The first-order valence-electron chi connectivity index (χ1n) is 12.2. The summed E-state index contributed by atoms with van der Waals surface area (Å²) in [4.78, 5) is 30.1. The second-order valence-electron chi connectivity index (χ2n) is 8.83. The Morgan fingerprint density at radius 1 is 1.03 bits per heavy atom. The van der Waals surface area contributed by atoms with Gasteiger partial charge in [0.1, 0.15) is 23.3 Å². The summed E-state index contributed by atoms with van der Waals surface area (Å²) >= 11 is 0. The molecule has 3 aromatic carbocycles. The van der Waals surface area contributed by atoms with Gasteiger partial charge in [-0.2, -0.15) is 0 Å². The molecule has 0 bridgehead atoms. The Morgan fingerprint density at radius 3 is 2.41 bits per heavy atom. The van der Waals surface area contributed by atoms with Crippen LogP contribution in [0.1, 0.15) is 27.2 Å². The zero-order chi connectivity index (χ0) is 28.1. The normalized spacial score (nSPS) is 11.5. The third-order valence-corrected chi connectivity index (χ3v) is 6.59. The first kappa shape index (κ1) is 27.3. The van der Waals surface area contributed by atoms with Gasteiger partial charge < -0.3 is 19.5 Å². The van der Waals surface area contributed by atoms with Gasteiger partial charge in [0.05, 0.1) is 38.7 Å². The van der Waals surface area contributed by atoms with Crippen molar-refractivity contribution in [3.8, 4) is 22.6 Å². The molecular formula is C31H29FN2O5. The summed E-state index contributed by atoms with van der Waals surface area (Å²) < 4.78 is 30.7. The van der Waals surface area contributed by atoms with Crippen molar-refractivity contribution in [2.45, 2.75) is 19.4 Å². The number of carbonyl (C=O) groups is 2. The van der Waals surface area contributed by atoms with E-state index in [0.717, 1.165) is 21.9 Å². The maximum atomic E-state index is 14.4. The summed E-state index contributed by atoms with van der Waals surface area (Å²) in [5.41, 5.74) is 3.24. The molecule has 0 fully saturated rings. The predicted octanol–water partition coefficient (Wildman–Crippen LogP) is 5.52. The van der Waals surface area contributed by atoms with Crippen LogP contribution in [0, 0.1) is 12.7 Å². The highest BCUT2D eigenvalue weighted by Crippen LogP contribution is 2.43. The van der Waals surface area contributed by atoms with Gasteiger partial charge in [-0.3, -0.25) is 4.79 Å². The van der Waals surface area contributed by atoms with E-state index in [1.807, 2.05) is 36.4 Å². The SMILES string of the molecule is C=Cc1ncc(OC)c(-c2cccc3c(C[C@H](NC(=O)c4c(C)cccc4F)C(=O)OC)cccc23)c1OC. The summed E-state index contributed by atoms with van der Waals surface area (Å²) in [7, 11) is 4.37. The number of amides is 1. The van der Waals surface area contributed by atoms with Crippen LogP contribution in [0.4, 0.5) is 4.39 Å². The largest absolute Gasteiger partial charge is 0.494 e. The van der Waals surface area contributed by atoms with Crippen LogP contribution in [0.25, 0.3) is 28.0 Å². The number of pyridine rings is 1. The Morgan fingerprint density at radius 2 is 1.74 bits per heavy atom. The van der Waals surface area contributed by atoms with Gasteiger partial charge in [-0.1, -0.05) is 55.1 Å². The fourth-order valence-electron chi connectivity index (χ4n) is 4.73. The third-order valence-electron chi connectivity index (χ3n) is 6.59. The number of ether oxygens (including phenoxy) is 3. The van der Waals surface area contributed by atoms with Crippen LogP contribution in [-0.4, -0.2) is 44.2 Å². The summed E-state index contributed by atoms with van der Waals surface area (Å²) in [5.74, 6) is -0.952. The van der Waals surface area contributed by atoms with E-state index in [1.165, 1.54) is 19.2 Å². The van der Waals surface area contributed by atoms with Crippen LogP contribution in [0.15, 0.2) is 67.4 Å². The lowest BCUT2D eigenvalue weighted by Gasteiger charge is -2.20. The number of aryl methyl sites for hydroxylation is 1. The Hall–Kier alpha value is -4.72. The molecule has 4 rings (SSSR count). The van der Waals surface area contributed by atoms with Crippen molar-refractivity contribution < 1.29 is 28.2 Å². The lowest BCUT2D eigenvalue weighted by Crippen LogP contribution is -2.43. The maximum Gasteiger partial charge on any atom is 0.328 e. The van der Waals surface area contributed by atoms with Gasteiger partial charge in [0.25, 0.3) is 5.91 Å². The molecule has 7 nitrogen and oxygen atoms in total. The number of aromatic nitrogens is 1. The summed E-state index contributed by atoms with van der Waals surface area (Å²) in [5, 5.41) is 4.38. The van der Waals surface area contributed by atoms with Crippen molar-refractivity contribution in [2.24, 2.45) is 0 Å². The number of halogens is 1. The Kier molecular flexibility index (Phi) is 8.24. The van der Waals surface area contributed by atoms with Gasteiger partial charge in [-0.15, -0.1) is 0 Å². The van der Waals surface area contributed by atoms with Crippen LogP contribution in [-0.2, 0) is 16.0 Å². The molecule has 0 unspecified atom stereocenters. The van der Waals surface area contributed by atoms with Gasteiger partial charge in [0.15, 0.2) is 5.75 Å². The number of nitrogens with zero attached hydrogens (tertiary/aromatic N) is 1. The number of carbonyl (C=O) groups excluding carboxylic acids is 2. The number of rotatable bonds is 9. The molecule has 0 aliphatic carbocycles. The Labute approximate surface area is 226 Å². The van der Waals surface area contributed by atoms with E-state index in [2.05, 4.69) is 16.9 Å². The molecule has 1 amide bonds. The molecule has 200 valence electrons. The van der Waals surface area contributed by atoms with Gasteiger partial charge in [-0.05, 0) is 46.5 Å². The average molecular weight is 529 g/mol. The van der Waals surface area contributed by atoms with E-state index in [1.54, 1.807) is 39.5 Å². The van der Waals surface area contributed by atoms with Crippen molar-refractivity contribution in [1.29, 1.82) is 0 Å². The highest BCUT2D eigenvalue weighted by atomic mass is 19.1. The molecule has 0 spiro atoms. The number of fused-ring (bicyclic) bond motifs is 1. The number of hydrogen-bond donors (Lipinski definition) is 1. The Bertz CT molecular complexity index is 1550. The predicted molar refractivity (Wildman–Crippen MR) is 148 cm³/mol. The molecule has 8 heteroatoms. The summed E-state index contributed by atoms with van der Waals surface area (Å²) in [6, 6.07) is 14.8. The summed E-state index contributed by atoms with van der Waals surface area (Å²) in [6.07, 6.45) is 3.35. The van der Waals surface area contributed by atoms with E-state index in [-0.39, 0.29) is 12.0 Å². The fraction of sp³-hybridized carbons (Fsp3) is 0.194. The first-order valence-corrected chi connectivity index (χ1v) is 12.2. The number of nitrogens with one attached hydrogen (secondary N) is 1. The molecule has 1 N–H and O–H groups in total. The van der Waals surface area contributed by atoms with Crippen LogP contribution >= 0.6 is 0 Å². The van der Waals surface area contributed by atoms with Crippen molar-refractivity contribution >= 4 is 28.7 Å². The van der Waals surface area contributed by atoms with E-state index in [9.17, 15) is 14.0 Å². The summed E-state index contributed by atoms with van der Waals surface area (Å²) in [6.45, 7) is 5.47. The lowest BCUT2D eigenvalue weighted by atomic mass is 9.92. The number of hydrogen-bond acceptors (Lipinski definition) is 6. The molecule has 39 heavy (non-hydrogen) atoms. The first-order chi connectivity index (χ1) is 18.8. The molecule has 1 heterocycles. The molecule has 0 saturated carbocycles. The number of esters is 1. The van der Waals surface area contributed by atoms with E-state index in [4.69, 9.17) is 14.2 Å². The zero-order valence-corrected chi connectivity index (χ0v) is 22.2. The average Bonchev–Trinajstić information content (AvgIpc) is 2.95. The monoisotopic (exact) mass is 528 g/mol. The van der Waals surface area contributed by atoms with Gasteiger partial charge in [0.2, 0.25) is 0 Å². The molecule has 0 aliphatic rings. The molecule has 1 aromatic heterocycles. The minimum atomic E-state index is -1.05. The quantitative estimate of drug-likeness (QED) is 0.288.